The maximum Gasteiger partial charge on any atom is 0.257 e. The van der Waals surface area contributed by atoms with Crippen molar-refractivity contribution in [3.8, 4) is 0 Å². The number of nitrogens with two attached hydrogens (primary N) is 1. The summed E-state index contributed by atoms with van der Waals surface area (Å²) in [5.74, 6) is 1.51. The molecular formula is C16H25ClN2O2. The van der Waals surface area contributed by atoms with Crippen molar-refractivity contribution in [3.05, 3.63) is 23.7 Å². The monoisotopic (exact) mass is 312 g/mol. The van der Waals surface area contributed by atoms with Gasteiger partial charge in [0.1, 0.15) is 12.0 Å². The number of nitrogens with zero attached hydrogens (tertiary/aromatic N) is 1. The molecule has 2 aliphatic rings. The Morgan fingerprint density at radius 1 is 1.24 bits per heavy atom. The third-order valence-electron chi connectivity index (χ3n) is 4.86. The molecule has 1 amide bonds. The minimum Gasteiger partial charge on any atom is -0.467 e. The molecule has 21 heavy (non-hydrogen) atoms. The Morgan fingerprint density at radius 3 is 2.67 bits per heavy atom. The Bertz CT molecular complexity index is 469. The molecule has 2 heterocycles. The van der Waals surface area contributed by atoms with E-state index in [4.69, 9.17) is 10.2 Å². The summed E-state index contributed by atoms with van der Waals surface area (Å²) in [7, 11) is 0. The topological polar surface area (TPSA) is 59.5 Å². The molecule has 0 bridgehead atoms. The highest BCUT2D eigenvalue weighted by Gasteiger charge is 2.35. The molecule has 4 nitrogen and oxygen atoms in total. The van der Waals surface area contributed by atoms with Gasteiger partial charge in [-0.1, -0.05) is 19.3 Å². The molecule has 3 rings (SSSR count). The van der Waals surface area contributed by atoms with Crippen LogP contribution in [0.2, 0.25) is 0 Å². The Labute approximate surface area is 132 Å². The predicted molar refractivity (Wildman–Crippen MR) is 84.5 cm³/mol. The first-order chi connectivity index (χ1) is 9.79. The van der Waals surface area contributed by atoms with Crippen LogP contribution in [0.3, 0.4) is 0 Å². The fourth-order valence-corrected chi connectivity index (χ4v) is 3.82. The quantitative estimate of drug-likeness (QED) is 0.931. The summed E-state index contributed by atoms with van der Waals surface area (Å²) in [6.45, 7) is 1.24. The van der Waals surface area contributed by atoms with Crippen LogP contribution in [-0.2, 0) is 6.54 Å². The lowest BCUT2D eigenvalue weighted by atomic mass is 9.83. The standard InChI is InChI=1S/C16H24N2O2.ClH/c17-10-14-9-13(11-20-14)16(19)18-8-4-7-15(18)12-5-2-1-3-6-12;/h9,11-12,15H,1-8,10,17H2;1H. The highest BCUT2D eigenvalue weighted by Crippen LogP contribution is 2.35. The van der Waals surface area contributed by atoms with Gasteiger partial charge in [0, 0.05) is 12.6 Å². The van der Waals surface area contributed by atoms with Gasteiger partial charge in [0.25, 0.3) is 5.91 Å². The first kappa shape index (κ1) is 16.4. The van der Waals surface area contributed by atoms with Gasteiger partial charge in [-0.3, -0.25) is 4.79 Å². The molecule has 1 atom stereocenters. The second-order valence-corrected chi connectivity index (χ2v) is 6.11. The number of carbonyl (C=O) groups excluding carboxylic acids is 1. The van der Waals surface area contributed by atoms with Crippen molar-refractivity contribution in [3.63, 3.8) is 0 Å². The lowest BCUT2D eigenvalue weighted by Gasteiger charge is -2.33. The summed E-state index contributed by atoms with van der Waals surface area (Å²) >= 11 is 0. The zero-order chi connectivity index (χ0) is 13.9. The first-order valence-corrected chi connectivity index (χ1v) is 7.88. The van der Waals surface area contributed by atoms with Gasteiger partial charge in [0.2, 0.25) is 0 Å². The Hall–Kier alpha value is -1.00. The van der Waals surface area contributed by atoms with E-state index in [1.807, 2.05) is 0 Å². The van der Waals surface area contributed by atoms with Gasteiger partial charge in [0.15, 0.2) is 0 Å². The van der Waals surface area contributed by atoms with Gasteiger partial charge in [-0.15, -0.1) is 12.4 Å². The summed E-state index contributed by atoms with van der Waals surface area (Å²) < 4.78 is 5.30. The molecule has 1 aliphatic heterocycles. The van der Waals surface area contributed by atoms with Gasteiger partial charge in [-0.25, -0.2) is 0 Å². The van der Waals surface area contributed by atoms with E-state index >= 15 is 0 Å². The minimum atomic E-state index is 0. The molecule has 1 saturated carbocycles. The Kier molecular flexibility index (Phi) is 5.71. The smallest absolute Gasteiger partial charge is 0.257 e. The van der Waals surface area contributed by atoms with Gasteiger partial charge >= 0.3 is 0 Å². The van der Waals surface area contributed by atoms with Gasteiger partial charge < -0.3 is 15.1 Å². The fraction of sp³-hybridized carbons (Fsp3) is 0.688. The highest BCUT2D eigenvalue weighted by molar-refractivity contribution is 5.94. The van der Waals surface area contributed by atoms with Crippen molar-refractivity contribution < 1.29 is 9.21 Å². The van der Waals surface area contributed by atoms with E-state index in [0.717, 1.165) is 19.4 Å². The number of rotatable bonds is 3. The van der Waals surface area contributed by atoms with Crippen LogP contribution in [0, 0.1) is 5.92 Å². The number of halogens is 1. The van der Waals surface area contributed by atoms with E-state index in [0.29, 0.717) is 29.8 Å². The number of furan rings is 1. The van der Waals surface area contributed by atoms with Crippen molar-refractivity contribution in [2.75, 3.05) is 6.54 Å². The van der Waals surface area contributed by atoms with E-state index in [1.165, 1.54) is 32.1 Å². The van der Waals surface area contributed by atoms with Crippen LogP contribution in [0.25, 0.3) is 0 Å². The van der Waals surface area contributed by atoms with Crippen molar-refractivity contribution in [1.82, 2.24) is 4.90 Å². The van der Waals surface area contributed by atoms with Crippen LogP contribution in [-0.4, -0.2) is 23.4 Å². The maximum absolute atomic E-state index is 12.7. The molecule has 0 aromatic carbocycles. The Morgan fingerprint density at radius 2 is 2.00 bits per heavy atom. The number of hydrogen-bond acceptors (Lipinski definition) is 3. The molecule has 0 spiro atoms. The van der Waals surface area contributed by atoms with Gasteiger partial charge in [-0.2, -0.15) is 0 Å². The zero-order valence-corrected chi connectivity index (χ0v) is 13.2. The van der Waals surface area contributed by atoms with Crippen LogP contribution in [0.4, 0.5) is 0 Å². The molecule has 1 saturated heterocycles. The lowest BCUT2D eigenvalue weighted by molar-refractivity contribution is 0.0661. The number of amides is 1. The van der Waals surface area contributed by atoms with Crippen LogP contribution in [0.5, 0.6) is 0 Å². The average Bonchev–Trinajstić information content (AvgIpc) is 3.16. The summed E-state index contributed by atoms with van der Waals surface area (Å²) in [5, 5.41) is 0. The summed E-state index contributed by atoms with van der Waals surface area (Å²) in [5.41, 5.74) is 6.20. The summed E-state index contributed by atoms with van der Waals surface area (Å²) in [6, 6.07) is 2.23. The van der Waals surface area contributed by atoms with Gasteiger partial charge in [0.05, 0.1) is 12.1 Å². The molecule has 1 aromatic rings. The van der Waals surface area contributed by atoms with Crippen molar-refractivity contribution in [1.29, 1.82) is 0 Å². The molecule has 0 radical (unpaired) electrons. The molecule has 1 aliphatic carbocycles. The molecule has 2 fully saturated rings. The molecule has 5 heteroatoms. The minimum absolute atomic E-state index is 0. The highest BCUT2D eigenvalue weighted by atomic mass is 35.5. The van der Waals surface area contributed by atoms with Crippen molar-refractivity contribution >= 4 is 18.3 Å². The van der Waals surface area contributed by atoms with Crippen LogP contribution >= 0.6 is 12.4 Å². The maximum atomic E-state index is 12.7. The SMILES string of the molecule is Cl.NCc1cc(C(=O)N2CCCC2C2CCCCC2)co1. The van der Waals surface area contributed by atoms with E-state index in [9.17, 15) is 4.79 Å². The molecular weight excluding hydrogens is 288 g/mol. The zero-order valence-electron chi connectivity index (χ0n) is 12.4. The second kappa shape index (κ2) is 7.32. The van der Waals surface area contributed by atoms with E-state index < -0.39 is 0 Å². The van der Waals surface area contributed by atoms with E-state index in [2.05, 4.69) is 4.90 Å². The molecule has 118 valence electrons. The van der Waals surface area contributed by atoms with Crippen LogP contribution in [0.15, 0.2) is 16.7 Å². The Balaban J connectivity index is 0.00000161. The number of hydrogen-bond donors (Lipinski definition) is 1. The number of carbonyl (C=O) groups is 1. The second-order valence-electron chi connectivity index (χ2n) is 6.11. The van der Waals surface area contributed by atoms with E-state index in [1.54, 1.807) is 12.3 Å². The van der Waals surface area contributed by atoms with E-state index in [-0.39, 0.29) is 18.3 Å². The average molecular weight is 313 g/mol. The third kappa shape index (κ3) is 3.43. The summed E-state index contributed by atoms with van der Waals surface area (Å²) in [4.78, 5) is 14.7. The largest absolute Gasteiger partial charge is 0.467 e. The first-order valence-electron chi connectivity index (χ1n) is 7.88. The summed E-state index contributed by atoms with van der Waals surface area (Å²) in [6.07, 6.45) is 10.4. The normalized spacial score (nSPS) is 23.1. The fourth-order valence-electron chi connectivity index (χ4n) is 3.82. The van der Waals surface area contributed by atoms with Crippen LogP contribution < -0.4 is 5.73 Å². The van der Waals surface area contributed by atoms with Crippen LogP contribution in [0.1, 0.15) is 61.1 Å². The molecule has 1 unspecified atom stereocenters. The third-order valence-corrected chi connectivity index (χ3v) is 4.86. The lowest BCUT2D eigenvalue weighted by Crippen LogP contribution is -2.40. The molecule has 2 N–H and O–H groups in total. The number of likely N-dealkylation sites (tertiary alicyclic amines) is 1. The predicted octanol–water partition coefficient (Wildman–Crippen LogP) is 3.35. The molecule has 1 aromatic heterocycles. The van der Waals surface area contributed by atoms with Gasteiger partial charge in [-0.05, 0) is 37.7 Å². The van der Waals surface area contributed by atoms with Crippen molar-refractivity contribution in [2.24, 2.45) is 11.7 Å². The van der Waals surface area contributed by atoms with Crippen molar-refractivity contribution in [2.45, 2.75) is 57.5 Å².